The molecule has 0 aliphatic heterocycles. The summed E-state index contributed by atoms with van der Waals surface area (Å²) < 4.78 is 10.3. The predicted molar refractivity (Wildman–Crippen MR) is 78.8 cm³/mol. The molecule has 2 N–H and O–H groups in total. The summed E-state index contributed by atoms with van der Waals surface area (Å²) in [4.78, 5) is 20.4. The van der Waals surface area contributed by atoms with Crippen LogP contribution in [0.1, 0.15) is 60.1 Å². The zero-order valence-electron chi connectivity index (χ0n) is 12.9. The van der Waals surface area contributed by atoms with Crippen LogP contribution in [-0.4, -0.2) is 30.2 Å². The van der Waals surface area contributed by atoms with E-state index in [1.54, 1.807) is 14.0 Å². The topological polar surface area (TPSA) is 87.3 Å². The van der Waals surface area contributed by atoms with Gasteiger partial charge >= 0.3 is 5.97 Å². The van der Waals surface area contributed by atoms with Gasteiger partial charge in [-0.15, -0.1) is 0 Å². The molecule has 0 spiro atoms. The summed E-state index contributed by atoms with van der Waals surface area (Å²) in [6, 6.07) is 0. The summed E-state index contributed by atoms with van der Waals surface area (Å²) in [5.41, 5.74) is 6.68. The van der Waals surface area contributed by atoms with Gasteiger partial charge in [-0.2, -0.15) is 0 Å². The Morgan fingerprint density at radius 1 is 1.24 bits per heavy atom. The number of hydrogen-bond acceptors (Lipinski definition) is 6. The van der Waals surface area contributed by atoms with Crippen molar-refractivity contribution in [3.63, 3.8) is 0 Å². The van der Waals surface area contributed by atoms with Crippen molar-refractivity contribution < 1.29 is 14.3 Å². The molecule has 6 heteroatoms. The molecule has 1 atom stereocenters. The Morgan fingerprint density at radius 2 is 1.90 bits per heavy atom. The van der Waals surface area contributed by atoms with Gasteiger partial charge in [0.25, 0.3) is 0 Å². The number of nitrogen functional groups attached to an aromatic ring is 1. The number of methoxy groups -OCH3 is 2. The van der Waals surface area contributed by atoms with Crippen LogP contribution in [0.4, 0.5) is 5.82 Å². The number of ether oxygens (including phenoxy) is 2. The highest BCUT2D eigenvalue weighted by molar-refractivity contribution is 5.95. The first-order valence-electron chi connectivity index (χ1n) is 7.33. The molecule has 0 saturated heterocycles. The lowest BCUT2D eigenvalue weighted by Crippen LogP contribution is -2.22. The molecule has 1 saturated carbocycles. The van der Waals surface area contributed by atoms with Gasteiger partial charge in [-0.25, -0.2) is 14.8 Å². The van der Waals surface area contributed by atoms with Gasteiger partial charge in [-0.05, 0) is 25.7 Å². The third-order valence-corrected chi connectivity index (χ3v) is 4.11. The summed E-state index contributed by atoms with van der Waals surface area (Å²) in [6.07, 6.45) is 5.74. The quantitative estimate of drug-likeness (QED) is 0.858. The highest BCUT2D eigenvalue weighted by Gasteiger charge is 2.29. The van der Waals surface area contributed by atoms with Crippen molar-refractivity contribution in [3.8, 4) is 0 Å². The van der Waals surface area contributed by atoms with Gasteiger partial charge < -0.3 is 15.2 Å². The van der Waals surface area contributed by atoms with Gasteiger partial charge in [0.15, 0.2) is 5.82 Å². The Labute approximate surface area is 125 Å². The van der Waals surface area contributed by atoms with Crippen molar-refractivity contribution in [2.75, 3.05) is 20.0 Å². The van der Waals surface area contributed by atoms with E-state index < -0.39 is 5.97 Å². The standard InChI is InChI=1S/C15H23N3O3/c1-9-11(15(19)21-3)13(16)18-14(17-9)12(20-2)10-7-5-4-6-8-10/h10,12H,4-8H2,1-3H3,(H2,16,17,18). The second kappa shape index (κ2) is 6.85. The first-order valence-corrected chi connectivity index (χ1v) is 7.33. The number of carbonyl (C=O) groups excluding carboxylic acids is 1. The Hall–Kier alpha value is -1.69. The number of aryl methyl sites for hydroxylation is 1. The largest absolute Gasteiger partial charge is 0.465 e. The number of hydrogen-bond donors (Lipinski definition) is 1. The fourth-order valence-corrected chi connectivity index (χ4v) is 3.04. The Kier molecular flexibility index (Phi) is 5.12. The van der Waals surface area contributed by atoms with E-state index >= 15 is 0 Å². The Bertz CT molecular complexity index is 490. The summed E-state index contributed by atoms with van der Waals surface area (Å²) in [7, 11) is 2.98. The van der Waals surface area contributed by atoms with E-state index in [1.165, 1.54) is 26.4 Å². The lowest BCUT2D eigenvalue weighted by atomic mass is 9.85. The maximum absolute atomic E-state index is 11.7. The third kappa shape index (κ3) is 3.32. The summed E-state index contributed by atoms with van der Waals surface area (Å²) in [5, 5.41) is 0. The van der Waals surface area contributed by atoms with Crippen LogP contribution in [0.3, 0.4) is 0 Å². The highest BCUT2D eigenvalue weighted by atomic mass is 16.5. The monoisotopic (exact) mass is 293 g/mol. The van der Waals surface area contributed by atoms with Gasteiger partial charge in [0.2, 0.25) is 0 Å². The summed E-state index contributed by atoms with van der Waals surface area (Å²) in [6.45, 7) is 1.74. The molecule has 6 nitrogen and oxygen atoms in total. The fourth-order valence-electron chi connectivity index (χ4n) is 3.04. The number of rotatable bonds is 4. The number of esters is 1. The smallest absolute Gasteiger partial charge is 0.343 e. The molecular formula is C15H23N3O3. The van der Waals surface area contributed by atoms with Crippen LogP contribution in [0, 0.1) is 12.8 Å². The molecule has 0 amide bonds. The van der Waals surface area contributed by atoms with Crippen molar-refractivity contribution in [1.29, 1.82) is 0 Å². The van der Waals surface area contributed by atoms with E-state index in [2.05, 4.69) is 9.97 Å². The molecule has 0 bridgehead atoms. The second-order valence-corrected chi connectivity index (χ2v) is 5.47. The van der Waals surface area contributed by atoms with E-state index in [1.807, 2.05) is 0 Å². The SMILES string of the molecule is COC(=O)c1c(C)nc(C(OC)C2CCCCC2)nc1N. The zero-order chi connectivity index (χ0) is 15.4. The minimum atomic E-state index is -0.511. The number of nitrogens with two attached hydrogens (primary N) is 1. The zero-order valence-corrected chi connectivity index (χ0v) is 12.9. The molecule has 1 aromatic heterocycles. The van der Waals surface area contributed by atoms with Gasteiger partial charge in [0, 0.05) is 7.11 Å². The first-order chi connectivity index (χ1) is 10.1. The molecule has 1 aliphatic rings. The molecule has 1 aliphatic carbocycles. The third-order valence-electron chi connectivity index (χ3n) is 4.11. The lowest BCUT2D eigenvalue weighted by Gasteiger charge is -2.28. The number of aromatic nitrogens is 2. The van der Waals surface area contributed by atoms with Crippen LogP contribution in [0.15, 0.2) is 0 Å². The van der Waals surface area contributed by atoms with Gasteiger partial charge in [-0.3, -0.25) is 0 Å². The van der Waals surface area contributed by atoms with Crippen LogP contribution < -0.4 is 5.73 Å². The van der Waals surface area contributed by atoms with E-state index in [9.17, 15) is 4.79 Å². The van der Waals surface area contributed by atoms with Gasteiger partial charge in [-0.1, -0.05) is 19.3 Å². The molecule has 0 aromatic carbocycles. The van der Waals surface area contributed by atoms with Crippen molar-refractivity contribution in [2.24, 2.45) is 5.92 Å². The molecule has 0 radical (unpaired) electrons. The van der Waals surface area contributed by atoms with Crippen molar-refractivity contribution in [3.05, 3.63) is 17.1 Å². The first kappa shape index (κ1) is 15.7. The molecular weight excluding hydrogens is 270 g/mol. The molecule has 21 heavy (non-hydrogen) atoms. The second-order valence-electron chi connectivity index (χ2n) is 5.47. The predicted octanol–water partition coefficient (Wildman–Crippen LogP) is 2.42. The van der Waals surface area contributed by atoms with Crippen molar-refractivity contribution >= 4 is 11.8 Å². The average molecular weight is 293 g/mol. The van der Waals surface area contributed by atoms with E-state index in [4.69, 9.17) is 15.2 Å². The van der Waals surface area contributed by atoms with Crippen molar-refractivity contribution in [1.82, 2.24) is 9.97 Å². The van der Waals surface area contributed by atoms with Crippen LogP contribution in [0.25, 0.3) is 0 Å². The molecule has 2 rings (SSSR count). The summed E-state index contributed by atoms with van der Waals surface area (Å²) in [5.74, 6) is 0.615. The average Bonchev–Trinajstić information content (AvgIpc) is 2.48. The molecule has 1 heterocycles. The normalized spacial score (nSPS) is 17.5. The molecule has 1 unspecified atom stereocenters. The van der Waals surface area contributed by atoms with Gasteiger partial charge in [0.1, 0.15) is 17.5 Å². The Morgan fingerprint density at radius 3 is 2.43 bits per heavy atom. The maximum Gasteiger partial charge on any atom is 0.343 e. The lowest BCUT2D eigenvalue weighted by molar-refractivity contribution is 0.0288. The van der Waals surface area contributed by atoms with E-state index in [-0.39, 0.29) is 17.5 Å². The van der Waals surface area contributed by atoms with E-state index in [0.29, 0.717) is 17.4 Å². The molecule has 1 fully saturated rings. The molecule has 116 valence electrons. The molecule has 1 aromatic rings. The summed E-state index contributed by atoms with van der Waals surface area (Å²) >= 11 is 0. The van der Waals surface area contributed by atoms with Crippen LogP contribution in [0.2, 0.25) is 0 Å². The maximum atomic E-state index is 11.7. The van der Waals surface area contributed by atoms with Crippen molar-refractivity contribution in [2.45, 2.75) is 45.1 Å². The number of nitrogens with zero attached hydrogens (tertiary/aromatic N) is 2. The number of anilines is 1. The van der Waals surface area contributed by atoms with Gasteiger partial charge in [0.05, 0.1) is 12.8 Å². The highest BCUT2D eigenvalue weighted by Crippen LogP contribution is 2.35. The van der Waals surface area contributed by atoms with Crippen LogP contribution >= 0.6 is 0 Å². The van der Waals surface area contributed by atoms with Crippen LogP contribution in [-0.2, 0) is 9.47 Å². The van der Waals surface area contributed by atoms with Crippen LogP contribution in [0.5, 0.6) is 0 Å². The minimum absolute atomic E-state index is 0.155. The van der Waals surface area contributed by atoms with E-state index in [0.717, 1.165) is 12.8 Å². The fraction of sp³-hybridized carbons (Fsp3) is 0.667. The Balaban J connectivity index is 2.32. The minimum Gasteiger partial charge on any atom is -0.465 e. The number of carbonyl (C=O) groups is 1.